The Balaban J connectivity index is 0.914. The van der Waals surface area contributed by atoms with Gasteiger partial charge in [0.15, 0.2) is 25.0 Å². The van der Waals surface area contributed by atoms with Crippen molar-refractivity contribution >= 4 is 0 Å². The summed E-state index contributed by atoms with van der Waals surface area (Å²) in [4.78, 5) is 0. The van der Waals surface area contributed by atoms with Gasteiger partial charge in [0.1, 0.15) is 54.9 Å². The molecule has 10 rings (SSSR count). The predicted molar refractivity (Wildman–Crippen MR) is 264 cm³/mol. The summed E-state index contributed by atoms with van der Waals surface area (Å²) in [5.74, 6) is 0. The van der Waals surface area contributed by atoms with E-state index in [1.165, 1.54) is 0 Å². The lowest BCUT2D eigenvalue weighted by atomic mass is 9.96. The Morgan fingerprint density at radius 3 is 1.49 bits per heavy atom. The van der Waals surface area contributed by atoms with Gasteiger partial charge in [-0.25, -0.2) is 0 Å². The molecule has 3 saturated heterocycles. The summed E-state index contributed by atoms with van der Waals surface area (Å²) in [5.41, 5.74) is 5.76. The van der Waals surface area contributed by atoms with E-state index in [0.717, 1.165) is 33.4 Å². The molecule has 0 spiro atoms. The second-order valence-corrected chi connectivity index (χ2v) is 18.2. The molecule has 0 bridgehead atoms. The van der Waals surface area contributed by atoms with Crippen LogP contribution in [-0.4, -0.2) is 98.5 Å². The minimum absolute atomic E-state index is 0.0340. The van der Waals surface area contributed by atoms with Crippen LogP contribution in [0.2, 0.25) is 0 Å². The average molecular weight is 979 g/mol. The van der Waals surface area contributed by atoms with E-state index in [1.54, 1.807) is 6.26 Å². The van der Waals surface area contributed by atoms with Crippen LogP contribution in [0.5, 0.6) is 0 Å². The van der Waals surface area contributed by atoms with Crippen molar-refractivity contribution < 1.29 is 61.9 Å². The lowest BCUT2D eigenvalue weighted by molar-refractivity contribution is -0.392. The third kappa shape index (κ3) is 13.1. The first kappa shape index (κ1) is 49.9. The third-order valence-corrected chi connectivity index (χ3v) is 13.1. The van der Waals surface area contributed by atoms with Crippen LogP contribution in [0.4, 0.5) is 0 Å². The van der Waals surface area contributed by atoms with Gasteiger partial charge in [-0.3, -0.25) is 0 Å². The van der Waals surface area contributed by atoms with Gasteiger partial charge in [0, 0.05) is 5.56 Å². The maximum Gasteiger partial charge on any atom is 0.187 e. The Morgan fingerprint density at radius 1 is 0.444 bits per heavy atom. The van der Waals surface area contributed by atoms with Crippen LogP contribution in [0.25, 0.3) is 0 Å². The lowest BCUT2D eigenvalue weighted by Crippen LogP contribution is -2.66. The number of rotatable bonds is 21. The number of hydrogen-bond acceptors (Lipinski definition) is 13. The standard InChI is InChI=1S/C59H62O13/c60-51-55(72-59-56(66-37-45-27-15-5-16-28-45)53(65-36-44-25-13-4-14-26-44)49(39-69-59)63-34-42-21-9-2-10-22-42)54-50(40-67-57(71-54)46-29-17-6-18-30-46)70-58(51)68-38-48-52(64-35-43-23-11-3-12-24-43)47(31-32-61-48)62-33-41-19-7-1-8-20-41/h1-32,47-60H,33-40H2/t47-,48-,49-,50-,51-,52+,53+,54-,55-,56-,57-,58-,59+/m1/s1. The van der Waals surface area contributed by atoms with Gasteiger partial charge in [-0.15, -0.1) is 0 Å². The van der Waals surface area contributed by atoms with E-state index in [0.29, 0.717) is 19.8 Å². The normalized spacial score (nSPS) is 29.2. The van der Waals surface area contributed by atoms with E-state index >= 15 is 0 Å². The van der Waals surface area contributed by atoms with Crippen LogP contribution in [0, 0.1) is 0 Å². The molecule has 4 heterocycles. The number of hydrogen-bond donors (Lipinski definition) is 1. The maximum atomic E-state index is 12.6. The van der Waals surface area contributed by atoms with Crippen molar-refractivity contribution in [2.75, 3.05) is 19.8 Å². The molecule has 376 valence electrons. The fraction of sp³-hybridized carbons (Fsp3) is 0.356. The zero-order chi connectivity index (χ0) is 48.7. The molecule has 6 aromatic rings. The second-order valence-electron chi connectivity index (χ2n) is 18.2. The molecule has 4 aliphatic rings. The van der Waals surface area contributed by atoms with Gasteiger partial charge in [0.05, 0.1) is 59.1 Å². The molecule has 0 unspecified atom stereocenters. The van der Waals surface area contributed by atoms with E-state index in [2.05, 4.69) is 0 Å². The number of aliphatic hydroxyl groups excluding tert-OH is 1. The number of aliphatic hydroxyl groups is 1. The van der Waals surface area contributed by atoms with Crippen LogP contribution in [0.1, 0.15) is 39.7 Å². The average Bonchev–Trinajstić information content (AvgIpc) is 3.44. The molecule has 6 aromatic carbocycles. The molecule has 0 amide bonds. The van der Waals surface area contributed by atoms with E-state index < -0.39 is 79.9 Å². The van der Waals surface area contributed by atoms with Crippen molar-refractivity contribution in [2.45, 2.75) is 113 Å². The number of fused-ring (bicyclic) bond motifs is 1. The third-order valence-electron chi connectivity index (χ3n) is 13.1. The fourth-order valence-electron chi connectivity index (χ4n) is 9.31. The van der Waals surface area contributed by atoms with Crippen LogP contribution in [-0.2, 0) is 89.9 Å². The molecule has 13 atom stereocenters. The molecule has 0 aromatic heterocycles. The van der Waals surface area contributed by atoms with Gasteiger partial charge in [-0.05, 0) is 33.9 Å². The quantitative estimate of drug-likeness (QED) is 0.0738. The van der Waals surface area contributed by atoms with Crippen LogP contribution in [0.15, 0.2) is 194 Å². The topological polar surface area (TPSA) is 131 Å². The zero-order valence-corrected chi connectivity index (χ0v) is 40.0. The van der Waals surface area contributed by atoms with Gasteiger partial charge >= 0.3 is 0 Å². The minimum atomic E-state index is -1.40. The zero-order valence-electron chi connectivity index (χ0n) is 40.0. The van der Waals surface area contributed by atoms with Crippen molar-refractivity contribution in [3.8, 4) is 0 Å². The van der Waals surface area contributed by atoms with Gasteiger partial charge in [-0.2, -0.15) is 0 Å². The first-order valence-electron chi connectivity index (χ1n) is 24.8. The molecule has 13 heteroatoms. The van der Waals surface area contributed by atoms with Crippen molar-refractivity contribution in [3.63, 3.8) is 0 Å². The summed E-state index contributed by atoms with van der Waals surface area (Å²) in [6.45, 7) is 1.70. The van der Waals surface area contributed by atoms with Crippen molar-refractivity contribution in [1.29, 1.82) is 0 Å². The van der Waals surface area contributed by atoms with E-state index in [4.69, 9.17) is 56.8 Å². The van der Waals surface area contributed by atoms with Gasteiger partial charge in [0.2, 0.25) is 0 Å². The fourth-order valence-corrected chi connectivity index (χ4v) is 9.31. The Kier molecular flexibility index (Phi) is 17.6. The van der Waals surface area contributed by atoms with Gasteiger partial charge in [0.25, 0.3) is 0 Å². The summed E-state index contributed by atoms with van der Waals surface area (Å²) in [6.07, 6.45) is -7.41. The van der Waals surface area contributed by atoms with E-state index in [9.17, 15) is 5.11 Å². The highest BCUT2D eigenvalue weighted by Crippen LogP contribution is 2.38. The summed E-state index contributed by atoms with van der Waals surface area (Å²) in [6, 6.07) is 59.4. The highest BCUT2D eigenvalue weighted by atomic mass is 16.8. The van der Waals surface area contributed by atoms with Crippen LogP contribution in [0.3, 0.4) is 0 Å². The Labute approximate surface area is 421 Å². The van der Waals surface area contributed by atoms with Gasteiger partial charge in [-0.1, -0.05) is 182 Å². The SMILES string of the molecule is O[C@H]1[C@H](OC[C@H]2OC=C[C@@H](OCc3ccccc3)[C@@H]2OCc2ccccc2)O[C@@H]2CO[C@@H](c3ccccc3)O[C@H]2[C@@H]1O[C@@H]1OC[C@@H](OCc2ccccc2)[C@H](OCc2ccccc2)[C@H]1OCc1ccccc1. The summed E-state index contributed by atoms with van der Waals surface area (Å²) in [5, 5.41) is 12.6. The Hall–Kier alpha value is -5.62. The largest absolute Gasteiger partial charge is 0.493 e. The minimum Gasteiger partial charge on any atom is -0.493 e. The second kappa shape index (κ2) is 25.4. The van der Waals surface area contributed by atoms with E-state index in [-0.39, 0.29) is 33.0 Å². The van der Waals surface area contributed by atoms with E-state index in [1.807, 2.05) is 188 Å². The van der Waals surface area contributed by atoms with Gasteiger partial charge < -0.3 is 61.9 Å². The summed E-state index contributed by atoms with van der Waals surface area (Å²) < 4.78 is 79.4. The first-order valence-corrected chi connectivity index (χ1v) is 24.8. The molecule has 13 nitrogen and oxygen atoms in total. The smallest absolute Gasteiger partial charge is 0.187 e. The van der Waals surface area contributed by atoms with Crippen molar-refractivity contribution in [1.82, 2.24) is 0 Å². The molecule has 1 N–H and O–H groups in total. The maximum absolute atomic E-state index is 12.6. The molecule has 3 fully saturated rings. The summed E-state index contributed by atoms with van der Waals surface area (Å²) in [7, 11) is 0. The Bertz CT molecular complexity index is 2510. The molecule has 72 heavy (non-hydrogen) atoms. The molecule has 0 radical (unpaired) electrons. The monoisotopic (exact) mass is 978 g/mol. The van der Waals surface area contributed by atoms with Crippen LogP contribution >= 0.6 is 0 Å². The molecule has 0 saturated carbocycles. The van der Waals surface area contributed by atoms with Crippen molar-refractivity contribution in [3.05, 3.63) is 228 Å². The first-order chi connectivity index (χ1) is 35.6. The highest BCUT2D eigenvalue weighted by molar-refractivity contribution is 5.19. The highest BCUT2D eigenvalue weighted by Gasteiger charge is 2.54. The summed E-state index contributed by atoms with van der Waals surface area (Å²) >= 11 is 0. The molecule has 4 aliphatic heterocycles. The van der Waals surface area contributed by atoms with Crippen molar-refractivity contribution in [2.24, 2.45) is 0 Å². The Morgan fingerprint density at radius 2 is 0.931 bits per heavy atom. The number of benzene rings is 6. The van der Waals surface area contributed by atoms with Crippen LogP contribution < -0.4 is 0 Å². The molecular formula is C59H62O13. The predicted octanol–water partition coefficient (Wildman–Crippen LogP) is 8.78. The molecule has 0 aliphatic carbocycles. The number of ether oxygens (including phenoxy) is 12. The lowest BCUT2D eigenvalue weighted by Gasteiger charge is -2.50. The molecular weight excluding hydrogens is 917 g/mol.